The zero-order valence-electron chi connectivity index (χ0n) is 9.76. The van der Waals surface area contributed by atoms with E-state index in [-0.39, 0.29) is 5.69 Å². The molecule has 0 fully saturated rings. The Morgan fingerprint density at radius 2 is 2.00 bits per heavy atom. The molecule has 0 aliphatic heterocycles. The largest absolute Gasteiger partial charge is 0.442 e. The summed E-state index contributed by atoms with van der Waals surface area (Å²) in [6, 6.07) is 0. The van der Waals surface area contributed by atoms with Gasteiger partial charge in [-0.15, -0.1) is 5.48 Å². The second-order valence-electron chi connectivity index (χ2n) is 4.08. The normalized spacial score (nSPS) is 10.5. The maximum Gasteiger partial charge on any atom is 0.441 e. The van der Waals surface area contributed by atoms with Crippen LogP contribution < -0.4 is 5.48 Å². The average Bonchev–Trinajstić information content (AvgIpc) is 2.25. The van der Waals surface area contributed by atoms with Gasteiger partial charge in [-0.1, -0.05) is 0 Å². The van der Waals surface area contributed by atoms with E-state index in [0.29, 0.717) is 0 Å². The number of rotatable bonds is 1. The van der Waals surface area contributed by atoms with Crippen molar-refractivity contribution in [2.24, 2.45) is 0 Å². The highest BCUT2D eigenvalue weighted by molar-refractivity contribution is 5.87. The van der Waals surface area contributed by atoms with Crippen LogP contribution in [0.5, 0.6) is 0 Å². The molecule has 7 heteroatoms. The second-order valence-corrected chi connectivity index (χ2v) is 4.08. The third-order valence-corrected chi connectivity index (χ3v) is 1.40. The van der Waals surface area contributed by atoms with Crippen molar-refractivity contribution in [3.05, 3.63) is 24.3 Å². The van der Waals surface area contributed by atoms with Crippen LogP contribution in [-0.4, -0.2) is 27.6 Å². The Morgan fingerprint density at radius 1 is 1.29 bits per heavy atom. The number of carbonyl (C=O) groups is 2. The Bertz CT molecular complexity index is 400. The van der Waals surface area contributed by atoms with Gasteiger partial charge in [-0.05, 0) is 20.8 Å². The van der Waals surface area contributed by atoms with Gasteiger partial charge >= 0.3 is 12.1 Å². The molecule has 7 nitrogen and oxygen atoms in total. The van der Waals surface area contributed by atoms with Crippen LogP contribution in [0, 0.1) is 0 Å². The van der Waals surface area contributed by atoms with Crippen LogP contribution in [0.25, 0.3) is 0 Å². The topological polar surface area (TPSA) is 90.4 Å². The minimum atomic E-state index is -0.852. The predicted molar refractivity (Wildman–Crippen MR) is 56.8 cm³/mol. The molecule has 1 heterocycles. The summed E-state index contributed by atoms with van der Waals surface area (Å²) in [5, 5.41) is 0. The van der Waals surface area contributed by atoms with Gasteiger partial charge < -0.3 is 9.57 Å². The molecule has 0 saturated heterocycles. The summed E-state index contributed by atoms with van der Waals surface area (Å²) < 4.78 is 4.86. The zero-order valence-corrected chi connectivity index (χ0v) is 9.76. The van der Waals surface area contributed by atoms with Crippen molar-refractivity contribution in [1.29, 1.82) is 0 Å². The Hall–Kier alpha value is -2.18. The molecule has 0 saturated carbocycles. The van der Waals surface area contributed by atoms with E-state index >= 15 is 0 Å². The molecule has 0 radical (unpaired) electrons. The lowest BCUT2D eigenvalue weighted by Gasteiger charge is -2.18. The number of ether oxygens (including phenoxy) is 1. The van der Waals surface area contributed by atoms with Crippen LogP contribution in [0.15, 0.2) is 18.6 Å². The van der Waals surface area contributed by atoms with Gasteiger partial charge in [0, 0.05) is 12.4 Å². The summed E-state index contributed by atoms with van der Waals surface area (Å²) in [5.74, 6) is -0.816. The number of hydrogen-bond donors (Lipinski definition) is 1. The van der Waals surface area contributed by atoms with Crippen LogP contribution in [-0.2, 0) is 9.57 Å². The molecule has 1 aromatic rings. The standard InChI is InChI=1S/C10H13N3O4/c1-10(2,3)16-9(15)13-17-8(14)7-6-11-4-5-12-7/h4-6H,1-3H3,(H,13,15). The number of nitrogens with zero attached hydrogens (tertiary/aromatic N) is 2. The maximum atomic E-state index is 11.3. The fraction of sp³-hybridized carbons (Fsp3) is 0.400. The Labute approximate surface area is 98.1 Å². The molecule has 0 aliphatic rings. The van der Waals surface area contributed by atoms with Gasteiger partial charge in [0.15, 0.2) is 5.69 Å². The number of hydroxylamine groups is 1. The molecular weight excluding hydrogens is 226 g/mol. The van der Waals surface area contributed by atoms with E-state index in [1.807, 2.05) is 5.48 Å². The number of amides is 1. The molecule has 17 heavy (non-hydrogen) atoms. The third-order valence-electron chi connectivity index (χ3n) is 1.40. The van der Waals surface area contributed by atoms with Crippen LogP contribution in [0.4, 0.5) is 4.79 Å². The quantitative estimate of drug-likeness (QED) is 0.737. The van der Waals surface area contributed by atoms with E-state index in [1.165, 1.54) is 18.6 Å². The Balaban J connectivity index is 2.42. The van der Waals surface area contributed by atoms with Crippen molar-refractivity contribution in [2.75, 3.05) is 0 Å². The summed E-state index contributed by atoms with van der Waals surface area (Å²) >= 11 is 0. The fourth-order valence-electron chi connectivity index (χ4n) is 0.844. The van der Waals surface area contributed by atoms with E-state index < -0.39 is 17.7 Å². The molecule has 1 amide bonds. The van der Waals surface area contributed by atoms with E-state index in [2.05, 4.69) is 14.8 Å². The van der Waals surface area contributed by atoms with Crippen molar-refractivity contribution in [3.8, 4) is 0 Å². The van der Waals surface area contributed by atoms with Crippen molar-refractivity contribution in [1.82, 2.24) is 15.4 Å². The predicted octanol–water partition coefficient (Wildman–Crippen LogP) is 1.07. The van der Waals surface area contributed by atoms with E-state index in [9.17, 15) is 9.59 Å². The van der Waals surface area contributed by atoms with Gasteiger partial charge in [0.2, 0.25) is 0 Å². The lowest BCUT2D eigenvalue weighted by molar-refractivity contribution is -0.00169. The van der Waals surface area contributed by atoms with Crippen LogP contribution in [0.1, 0.15) is 31.3 Å². The summed E-state index contributed by atoms with van der Waals surface area (Å²) in [6.07, 6.45) is 3.12. The Kier molecular flexibility index (Phi) is 3.97. The molecule has 1 N–H and O–H groups in total. The van der Waals surface area contributed by atoms with Gasteiger partial charge in [-0.2, -0.15) is 0 Å². The molecule has 1 aromatic heterocycles. The first-order valence-corrected chi connectivity index (χ1v) is 4.84. The molecule has 0 aliphatic carbocycles. The van der Waals surface area contributed by atoms with Gasteiger partial charge in [-0.3, -0.25) is 4.98 Å². The first-order valence-electron chi connectivity index (χ1n) is 4.84. The maximum absolute atomic E-state index is 11.3. The lowest BCUT2D eigenvalue weighted by Crippen LogP contribution is -2.34. The van der Waals surface area contributed by atoms with Gasteiger partial charge in [0.1, 0.15) is 5.60 Å². The monoisotopic (exact) mass is 239 g/mol. The van der Waals surface area contributed by atoms with E-state index in [0.717, 1.165) is 0 Å². The molecule has 0 aromatic carbocycles. The minimum Gasteiger partial charge on any atom is -0.442 e. The number of hydrogen-bond acceptors (Lipinski definition) is 6. The van der Waals surface area contributed by atoms with Crippen LogP contribution >= 0.6 is 0 Å². The van der Waals surface area contributed by atoms with Crippen LogP contribution in [0.2, 0.25) is 0 Å². The molecule has 92 valence electrons. The average molecular weight is 239 g/mol. The first-order chi connectivity index (χ1) is 7.88. The van der Waals surface area contributed by atoms with Crippen LogP contribution in [0.3, 0.4) is 0 Å². The number of aromatic nitrogens is 2. The molecular formula is C10H13N3O4. The molecule has 0 bridgehead atoms. The van der Waals surface area contributed by atoms with Gasteiger partial charge in [0.25, 0.3) is 0 Å². The van der Waals surface area contributed by atoms with Gasteiger partial charge in [0.05, 0.1) is 6.20 Å². The summed E-state index contributed by atoms with van der Waals surface area (Å²) in [4.78, 5) is 34.3. The molecule has 0 atom stereocenters. The molecule has 1 rings (SSSR count). The fourth-order valence-corrected chi connectivity index (χ4v) is 0.844. The molecule has 0 spiro atoms. The highest BCUT2D eigenvalue weighted by Gasteiger charge is 2.18. The second kappa shape index (κ2) is 5.24. The highest BCUT2D eigenvalue weighted by Crippen LogP contribution is 2.06. The van der Waals surface area contributed by atoms with E-state index in [1.54, 1.807) is 20.8 Å². The van der Waals surface area contributed by atoms with Crippen molar-refractivity contribution >= 4 is 12.1 Å². The lowest BCUT2D eigenvalue weighted by atomic mass is 10.2. The summed E-state index contributed by atoms with van der Waals surface area (Å²) in [7, 11) is 0. The van der Waals surface area contributed by atoms with Gasteiger partial charge in [-0.25, -0.2) is 14.6 Å². The van der Waals surface area contributed by atoms with Crippen molar-refractivity contribution in [2.45, 2.75) is 26.4 Å². The Morgan fingerprint density at radius 3 is 2.53 bits per heavy atom. The summed E-state index contributed by atoms with van der Waals surface area (Å²) in [6.45, 7) is 5.07. The molecule has 0 unspecified atom stereocenters. The minimum absolute atomic E-state index is 0.0106. The smallest absolute Gasteiger partial charge is 0.441 e. The van der Waals surface area contributed by atoms with Crippen molar-refractivity contribution in [3.63, 3.8) is 0 Å². The van der Waals surface area contributed by atoms with Crippen molar-refractivity contribution < 1.29 is 19.2 Å². The SMILES string of the molecule is CC(C)(C)OC(=O)NOC(=O)c1cnccn1. The summed E-state index contributed by atoms with van der Waals surface area (Å²) in [5.41, 5.74) is 1.18. The number of nitrogens with one attached hydrogen (secondary N) is 1. The van der Waals surface area contributed by atoms with E-state index in [4.69, 9.17) is 4.74 Å². The zero-order chi connectivity index (χ0) is 12.9. The third kappa shape index (κ3) is 4.92. The first kappa shape index (κ1) is 12.9. The highest BCUT2D eigenvalue weighted by atomic mass is 16.7. The number of carbonyl (C=O) groups excluding carboxylic acids is 2.